The Morgan fingerprint density at radius 2 is 1.53 bits per heavy atom. The fourth-order valence-corrected chi connectivity index (χ4v) is 1.87. The highest BCUT2D eigenvalue weighted by Crippen LogP contribution is 2.28. The van der Waals surface area contributed by atoms with E-state index < -0.39 is 0 Å². The van der Waals surface area contributed by atoms with E-state index in [0.717, 1.165) is 18.8 Å². The summed E-state index contributed by atoms with van der Waals surface area (Å²) in [4.78, 5) is 13.3. The number of hydrogen-bond acceptors (Lipinski definition) is 1. The zero-order chi connectivity index (χ0) is 11.8. The van der Waals surface area contributed by atoms with Crippen LogP contribution in [0.3, 0.4) is 0 Å². The lowest BCUT2D eigenvalue weighted by atomic mass is 9.82. The maximum Gasteiger partial charge on any atom is 0.225 e. The molecule has 0 heterocycles. The monoisotopic (exact) mass is 213 g/mol. The molecule has 1 rings (SSSR count). The Morgan fingerprint density at radius 3 is 1.87 bits per heavy atom. The Kier molecular flexibility index (Phi) is 7.45. The molecular weight excluding hydrogens is 186 g/mol. The summed E-state index contributed by atoms with van der Waals surface area (Å²) < 4.78 is 0. The first-order chi connectivity index (χ1) is 7.02. The van der Waals surface area contributed by atoms with Crippen molar-refractivity contribution in [1.82, 2.24) is 4.90 Å². The molecule has 0 unspecified atom stereocenters. The normalized spacial score (nSPS) is 25.1. The van der Waals surface area contributed by atoms with Crippen molar-refractivity contribution in [2.45, 2.75) is 52.9 Å². The van der Waals surface area contributed by atoms with E-state index in [1.54, 1.807) is 4.90 Å². The van der Waals surface area contributed by atoms with E-state index in [-0.39, 0.29) is 0 Å². The van der Waals surface area contributed by atoms with Gasteiger partial charge in [0.2, 0.25) is 5.91 Å². The number of rotatable bonds is 1. The minimum atomic E-state index is 0.316. The van der Waals surface area contributed by atoms with Gasteiger partial charge in [-0.3, -0.25) is 4.79 Å². The fraction of sp³-hybridized carbons (Fsp3) is 0.923. The molecule has 1 saturated carbocycles. The molecule has 0 radical (unpaired) electrons. The molecule has 0 saturated heterocycles. The molecule has 2 heteroatoms. The lowest BCUT2D eigenvalue weighted by Crippen LogP contribution is -2.31. The molecule has 1 amide bonds. The van der Waals surface area contributed by atoms with Crippen molar-refractivity contribution < 1.29 is 4.79 Å². The predicted molar refractivity (Wildman–Crippen MR) is 65.8 cm³/mol. The summed E-state index contributed by atoms with van der Waals surface area (Å²) in [6.07, 6.45) is 5.89. The Balaban J connectivity index is 0.000000583. The Bertz CT molecular complexity index is 169. The van der Waals surface area contributed by atoms with Crippen LogP contribution in [0.25, 0.3) is 0 Å². The quantitative estimate of drug-likeness (QED) is 0.654. The van der Waals surface area contributed by atoms with Gasteiger partial charge in [-0.15, -0.1) is 0 Å². The van der Waals surface area contributed by atoms with Crippen LogP contribution in [-0.4, -0.2) is 24.9 Å². The maximum absolute atomic E-state index is 11.5. The van der Waals surface area contributed by atoms with Crippen LogP contribution in [0.1, 0.15) is 52.9 Å². The van der Waals surface area contributed by atoms with Crippen LogP contribution in [0.4, 0.5) is 0 Å². The average Bonchev–Trinajstić information content (AvgIpc) is 2.19. The van der Waals surface area contributed by atoms with E-state index in [1.165, 1.54) is 19.3 Å². The number of carbonyl (C=O) groups excluding carboxylic acids is 1. The van der Waals surface area contributed by atoms with Gasteiger partial charge in [0, 0.05) is 20.0 Å². The number of amides is 1. The van der Waals surface area contributed by atoms with Crippen molar-refractivity contribution in [3.05, 3.63) is 0 Å². The summed E-state index contributed by atoms with van der Waals surface area (Å²) in [5.41, 5.74) is 0. The minimum Gasteiger partial charge on any atom is -0.349 e. The first kappa shape index (κ1) is 14.5. The topological polar surface area (TPSA) is 20.3 Å². The van der Waals surface area contributed by atoms with Crippen LogP contribution in [0.5, 0.6) is 0 Å². The minimum absolute atomic E-state index is 0.316. The number of carbonyl (C=O) groups is 1. The van der Waals surface area contributed by atoms with Crippen molar-refractivity contribution >= 4 is 5.91 Å². The molecule has 15 heavy (non-hydrogen) atoms. The van der Waals surface area contributed by atoms with Gasteiger partial charge in [0.05, 0.1) is 0 Å². The Labute approximate surface area is 95.0 Å². The van der Waals surface area contributed by atoms with Crippen molar-refractivity contribution in [3.8, 4) is 0 Å². The third-order valence-corrected chi connectivity index (χ3v) is 2.81. The molecule has 0 aromatic rings. The van der Waals surface area contributed by atoms with Crippen LogP contribution in [0.15, 0.2) is 0 Å². The van der Waals surface area contributed by atoms with Crippen LogP contribution in [-0.2, 0) is 4.79 Å². The van der Waals surface area contributed by atoms with Crippen LogP contribution in [0.2, 0.25) is 0 Å². The van der Waals surface area contributed by atoms with Gasteiger partial charge in [0.25, 0.3) is 0 Å². The first-order valence-corrected chi connectivity index (χ1v) is 6.24. The highest BCUT2D eigenvalue weighted by Gasteiger charge is 2.24. The third kappa shape index (κ3) is 5.81. The second kappa shape index (κ2) is 7.72. The van der Waals surface area contributed by atoms with E-state index in [9.17, 15) is 4.79 Å². The van der Waals surface area contributed by atoms with Gasteiger partial charge in [-0.05, 0) is 31.6 Å². The van der Waals surface area contributed by atoms with E-state index in [4.69, 9.17) is 0 Å². The molecule has 0 atom stereocenters. The molecule has 0 spiro atoms. The third-order valence-electron chi connectivity index (χ3n) is 2.81. The Morgan fingerprint density at radius 1 is 1.13 bits per heavy atom. The van der Waals surface area contributed by atoms with E-state index in [1.807, 2.05) is 14.1 Å². The Hall–Kier alpha value is -0.530. The van der Waals surface area contributed by atoms with E-state index in [2.05, 4.69) is 20.8 Å². The van der Waals surface area contributed by atoms with Crippen LogP contribution < -0.4 is 0 Å². The van der Waals surface area contributed by atoms with Gasteiger partial charge in [0.1, 0.15) is 0 Å². The molecule has 90 valence electrons. The maximum atomic E-state index is 11.5. The van der Waals surface area contributed by atoms with Crippen LogP contribution in [0, 0.1) is 11.8 Å². The summed E-state index contributed by atoms with van der Waals surface area (Å²) in [6, 6.07) is 0. The standard InChI is InChI=1S/C10H19NO.C3H8/c1-8-4-6-9(7-5-8)10(12)11(2)3;1-3-2/h8-9H,4-7H2,1-3H3;3H2,1-2H3. The zero-order valence-electron chi connectivity index (χ0n) is 11.0. The number of nitrogens with zero attached hydrogens (tertiary/aromatic N) is 1. The average molecular weight is 213 g/mol. The zero-order valence-corrected chi connectivity index (χ0v) is 11.0. The summed E-state index contributed by atoms with van der Waals surface area (Å²) in [5.74, 6) is 1.47. The van der Waals surface area contributed by atoms with Gasteiger partial charge < -0.3 is 4.90 Å². The van der Waals surface area contributed by atoms with E-state index >= 15 is 0 Å². The molecular formula is C13H27NO. The summed E-state index contributed by atoms with van der Waals surface area (Å²) in [7, 11) is 3.70. The van der Waals surface area contributed by atoms with Gasteiger partial charge in [-0.2, -0.15) is 0 Å². The van der Waals surface area contributed by atoms with Crippen molar-refractivity contribution in [1.29, 1.82) is 0 Å². The molecule has 2 nitrogen and oxygen atoms in total. The first-order valence-electron chi connectivity index (χ1n) is 6.24. The lowest BCUT2D eigenvalue weighted by molar-refractivity contribution is -0.134. The van der Waals surface area contributed by atoms with E-state index in [0.29, 0.717) is 11.8 Å². The molecule has 0 N–H and O–H groups in total. The second-order valence-electron chi connectivity index (χ2n) is 4.90. The molecule has 0 aromatic heterocycles. The molecule has 0 bridgehead atoms. The van der Waals surface area contributed by atoms with Crippen molar-refractivity contribution in [2.24, 2.45) is 11.8 Å². The molecule has 1 aliphatic carbocycles. The van der Waals surface area contributed by atoms with Gasteiger partial charge in [0.15, 0.2) is 0 Å². The van der Waals surface area contributed by atoms with Crippen molar-refractivity contribution in [2.75, 3.05) is 14.1 Å². The SMILES string of the molecule is CC1CCC(C(=O)N(C)C)CC1.CCC. The van der Waals surface area contributed by atoms with Crippen LogP contribution >= 0.6 is 0 Å². The highest BCUT2D eigenvalue weighted by atomic mass is 16.2. The summed E-state index contributed by atoms with van der Waals surface area (Å²) >= 11 is 0. The number of hydrogen-bond donors (Lipinski definition) is 0. The van der Waals surface area contributed by atoms with Gasteiger partial charge >= 0.3 is 0 Å². The summed E-state index contributed by atoms with van der Waals surface area (Å²) in [5, 5.41) is 0. The largest absolute Gasteiger partial charge is 0.349 e. The lowest BCUT2D eigenvalue weighted by Gasteiger charge is -2.27. The molecule has 1 fully saturated rings. The van der Waals surface area contributed by atoms with Crippen molar-refractivity contribution in [3.63, 3.8) is 0 Å². The fourth-order valence-electron chi connectivity index (χ4n) is 1.87. The van der Waals surface area contributed by atoms with Gasteiger partial charge in [-0.25, -0.2) is 0 Å². The molecule has 0 aliphatic heterocycles. The smallest absolute Gasteiger partial charge is 0.225 e. The highest BCUT2D eigenvalue weighted by molar-refractivity contribution is 5.78. The molecule has 1 aliphatic rings. The van der Waals surface area contributed by atoms with Gasteiger partial charge in [-0.1, -0.05) is 27.2 Å². The predicted octanol–water partition coefficient (Wildman–Crippen LogP) is 3.32. The molecule has 0 aromatic carbocycles. The summed E-state index contributed by atoms with van der Waals surface area (Å²) in [6.45, 7) is 6.52. The second-order valence-corrected chi connectivity index (χ2v) is 4.90.